The van der Waals surface area contributed by atoms with Crippen molar-refractivity contribution in [1.29, 1.82) is 0 Å². The molecule has 0 saturated carbocycles. The lowest BCUT2D eigenvalue weighted by Crippen LogP contribution is -2.53. The Morgan fingerprint density at radius 3 is 2.70 bits per heavy atom. The van der Waals surface area contributed by atoms with E-state index in [0.29, 0.717) is 10.8 Å². The van der Waals surface area contributed by atoms with Crippen molar-refractivity contribution in [2.45, 2.75) is 0 Å². The van der Waals surface area contributed by atoms with Crippen molar-refractivity contribution in [3.8, 4) is 11.5 Å². The number of halogens is 1. The first-order chi connectivity index (χ1) is 14.3. The van der Waals surface area contributed by atoms with Gasteiger partial charge in [-0.1, -0.05) is 29.8 Å². The second-order valence-corrected chi connectivity index (χ2v) is 6.89. The number of carbonyl (C=O) groups is 2. The van der Waals surface area contributed by atoms with E-state index in [2.05, 4.69) is 11.9 Å². The lowest BCUT2D eigenvalue weighted by atomic mass is 10.1. The fraction of sp³-hybridized carbons (Fsp3) is 0.0500. The van der Waals surface area contributed by atoms with Gasteiger partial charge in [-0.25, -0.2) is 0 Å². The number of nitro groups is 1. The zero-order valence-corrected chi connectivity index (χ0v) is 16.9. The summed E-state index contributed by atoms with van der Waals surface area (Å²) in [5, 5.41) is 14.3. The van der Waals surface area contributed by atoms with Gasteiger partial charge in [-0.05, 0) is 48.1 Å². The van der Waals surface area contributed by atoms with Crippen LogP contribution < -0.4 is 10.1 Å². The third-order valence-corrected chi connectivity index (χ3v) is 4.57. The van der Waals surface area contributed by atoms with Crippen molar-refractivity contribution in [3.05, 3.63) is 81.4 Å². The number of nitro benzene ring substituents is 1. The van der Waals surface area contributed by atoms with Crippen LogP contribution in [0.4, 0.5) is 5.69 Å². The molecule has 0 aromatic heterocycles. The monoisotopic (exact) mass is 443 g/mol. The van der Waals surface area contributed by atoms with Crippen molar-refractivity contribution >= 4 is 52.5 Å². The van der Waals surface area contributed by atoms with E-state index in [9.17, 15) is 19.7 Å². The Kier molecular flexibility index (Phi) is 6.24. The summed E-state index contributed by atoms with van der Waals surface area (Å²) in [6.07, 6.45) is 2.72. The minimum Gasteiger partial charge on any atom is -0.450 e. The molecule has 1 saturated heterocycles. The number of hydrogen-bond donors (Lipinski definition) is 1. The molecule has 0 bridgehead atoms. The minimum absolute atomic E-state index is 0.0155. The number of amides is 2. The van der Waals surface area contributed by atoms with Gasteiger partial charge in [0.1, 0.15) is 11.3 Å². The molecule has 2 amide bonds. The maximum absolute atomic E-state index is 12.6. The van der Waals surface area contributed by atoms with Gasteiger partial charge in [0.15, 0.2) is 5.11 Å². The van der Waals surface area contributed by atoms with E-state index < -0.39 is 16.7 Å². The molecular formula is C20H14ClN3O5S. The number of thiocarbonyl (C=S) groups is 1. The molecule has 0 unspecified atom stereocenters. The van der Waals surface area contributed by atoms with E-state index >= 15 is 0 Å². The molecule has 2 aromatic carbocycles. The molecule has 1 aliphatic heterocycles. The third kappa shape index (κ3) is 4.53. The fourth-order valence-electron chi connectivity index (χ4n) is 2.67. The molecule has 2 aromatic rings. The summed E-state index contributed by atoms with van der Waals surface area (Å²) in [7, 11) is 0. The second kappa shape index (κ2) is 8.85. The van der Waals surface area contributed by atoms with Crippen LogP contribution in [0.1, 0.15) is 5.56 Å². The SMILES string of the molecule is C=CCN1C(=O)C(=Cc2ccc(Oc3cccc(Cl)c3)c([N+](=O)[O-])c2)C(=O)NC1=S. The highest BCUT2D eigenvalue weighted by Crippen LogP contribution is 2.33. The van der Waals surface area contributed by atoms with Gasteiger partial charge in [-0.15, -0.1) is 6.58 Å². The van der Waals surface area contributed by atoms with Crippen molar-refractivity contribution in [2.75, 3.05) is 6.54 Å². The summed E-state index contributed by atoms with van der Waals surface area (Å²) >= 11 is 10.9. The van der Waals surface area contributed by atoms with Gasteiger partial charge < -0.3 is 4.74 Å². The van der Waals surface area contributed by atoms with Gasteiger partial charge in [0, 0.05) is 17.6 Å². The van der Waals surface area contributed by atoms with E-state index in [-0.39, 0.29) is 34.2 Å². The normalized spacial score (nSPS) is 15.2. The molecule has 1 heterocycles. The number of carbonyl (C=O) groups excluding carboxylic acids is 2. The maximum Gasteiger partial charge on any atom is 0.312 e. The Morgan fingerprint density at radius 1 is 1.27 bits per heavy atom. The zero-order valence-electron chi connectivity index (χ0n) is 15.3. The van der Waals surface area contributed by atoms with E-state index in [0.717, 1.165) is 0 Å². The number of nitrogens with one attached hydrogen (secondary N) is 1. The Balaban J connectivity index is 1.96. The van der Waals surface area contributed by atoms with Crippen LogP contribution in [-0.2, 0) is 9.59 Å². The van der Waals surface area contributed by atoms with E-state index in [1.807, 2.05) is 0 Å². The van der Waals surface area contributed by atoms with Crippen LogP contribution in [0, 0.1) is 10.1 Å². The van der Waals surface area contributed by atoms with Crippen LogP contribution in [0.25, 0.3) is 6.08 Å². The first kappa shape index (κ1) is 21.2. The highest BCUT2D eigenvalue weighted by molar-refractivity contribution is 7.80. The largest absolute Gasteiger partial charge is 0.450 e. The van der Waals surface area contributed by atoms with Gasteiger partial charge in [-0.3, -0.25) is 29.9 Å². The molecule has 0 radical (unpaired) electrons. The summed E-state index contributed by atoms with van der Waals surface area (Å²) in [6, 6.07) is 10.5. The van der Waals surface area contributed by atoms with Gasteiger partial charge in [0.05, 0.1) is 4.92 Å². The van der Waals surface area contributed by atoms with Gasteiger partial charge >= 0.3 is 5.69 Å². The summed E-state index contributed by atoms with van der Waals surface area (Å²) in [5.74, 6) is -0.997. The van der Waals surface area contributed by atoms with Gasteiger partial charge in [-0.2, -0.15) is 0 Å². The Morgan fingerprint density at radius 2 is 2.03 bits per heavy atom. The molecule has 1 N–H and O–H groups in total. The Hall–Kier alpha value is -3.56. The quantitative estimate of drug-likeness (QED) is 0.182. The van der Waals surface area contributed by atoms with Crippen molar-refractivity contribution in [1.82, 2.24) is 10.2 Å². The summed E-state index contributed by atoms with van der Waals surface area (Å²) in [5.41, 5.74) is -0.278. The van der Waals surface area contributed by atoms with Crippen LogP contribution in [0.5, 0.6) is 11.5 Å². The van der Waals surface area contributed by atoms with Crippen LogP contribution in [0.3, 0.4) is 0 Å². The number of nitrogens with zero attached hydrogens (tertiary/aromatic N) is 2. The second-order valence-electron chi connectivity index (χ2n) is 6.07. The lowest BCUT2D eigenvalue weighted by Gasteiger charge is -2.27. The molecule has 0 atom stereocenters. The molecule has 152 valence electrons. The molecule has 0 aliphatic carbocycles. The number of benzene rings is 2. The van der Waals surface area contributed by atoms with Crippen LogP contribution in [0.15, 0.2) is 60.7 Å². The molecular weight excluding hydrogens is 430 g/mol. The predicted octanol–water partition coefficient (Wildman–Crippen LogP) is 3.85. The van der Waals surface area contributed by atoms with Crippen molar-refractivity contribution < 1.29 is 19.2 Å². The maximum atomic E-state index is 12.6. The summed E-state index contributed by atoms with van der Waals surface area (Å²) in [6.45, 7) is 3.66. The van der Waals surface area contributed by atoms with Gasteiger partial charge in [0.2, 0.25) is 5.75 Å². The van der Waals surface area contributed by atoms with Crippen molar-refractivity contribution in [2.24, 2.45) is 0 Å². The first-order valence-electron chi connectivity index (χ1n) is 8.52. The van der Waals surface area contributed by atoms with Gasteiger partial charge in [0.25, 0.3) is 11.8 Å². The predicted molar refractivity (Wildman–Crippen MR) is 115 cm³/mol. The molecule has 3 rings (SSSR count). The average molecular weight is 444 g/mol. The Labute approximate surface area is 181 Å². The summed E-state index contributed by atoms with van der Waals surface area (Å²) < 4.78 is 5.57. The van der Waals surface area contributed by atoms with Crippen LogP contribution in [-0.4, -0.2) is 33.3 Å². The van der Waals surface area contributed by atoms with Crippen molar-refractivity contribution in [3.63, 3.8) is 0 Å². The van der Waals surface area contributed by atoms with E-state index in [1.54, 1.807) is 18.2 Å². The number of hydrogen-bond acceptors (Lipinski definition) is 6. The lowest BCUT2D eigenvalue weighted by molar-refractivity contribution is -0.385. The zero-order chi connectivity index (χ0) is 21.8. The standard InChI is InChI=1S/C20H14ClN3O5S/c1-2-8-23-19(26)15(18(25)22-20(23)30)9-12-6-7-17(16(10-12)24(27)28)29-14-5-3-4-13(21)11-14/h2-7,9-11H,1,8H2,(H,22,25,30). The number of rotatable bonds is 6. The smallest absolute Gasteiger partial charge is 0.312 e. The molecule has 30 heavy (non-hydrogen) atoms. The average Bonchev–Trinajstić information content (AvgIpc) is 2.69. The fourth-order valence-corrected chi connectivity index (χ4v) is 3.10. The molecule has 0 spiro atoms. The third-order valence-electron chi connectivity index (χ3n) is 4.01. The van der Waals surface area contributed by atoms with E-state index in [4.69, 9.17) is 28.6 Å². The minimum atomic E-state index is -0.688. The highest BCUT2D eigenvalue weighted by atomic mass is 35.5. The molecule has 1 fully saturated rings. The molecule has 1 aliphatic rings. The Bertz CT molecular complexity index is 1120. The van der Waals surface area contributed by atoms with Crippen LogP contribution >= 0.6 is 23.8 Å². The van der Waals surface area contributed by atoms with Crippen LogP contribution in [0.2, 0.25) is 5.02 Å². The van der Waals surface area contributed by atoms with E-state index in [1.165, 1.54) is 41.3 Å². The highest BCUT2D eigenvalue weighted by Gasteiger charge is 2.32. The summed E-state index contributed by atoms with van der Waals surface area (Å²) in [4.78, 5) is 36.9. The molecule has 8 nitrogen and oxygen atoms in total. The first-order valence-corrected chi connectivity index (χ1v) is 9.30. The number of ether oxygens (including phenoxy) is 1. The molecule has 10 heteroatoms. The topological polar surface area (TPSA) is 102 Å².